The van der Waals surface area contributed by atoms with Crippen LogP contribution in [0.1, 0.15) is 46.4 Å². The highest BCUT2D eigenvalue weighted by Crippen LogP contribution is 2.25. The molecule has 0 aliphatic carbocycles. The number of fused-ring (bicyclic) bond motifs is 1. The van der Waals surface area contributed by atoms with E-state index in [0.717, 1.165) is 50.3 Å². The van der Waals surface area contributed by atoms with Crippen LogP contribution in [0.3, 0.4) is 0 Å². The molecule has 2 aromatic rings. The Morgan fingerprint density at radius 2 is 2.30 bits per heavy atom. The molecule has 1 fully saturated rings. The zero-order valence-corrected chi connectivity index (χ0v) is 15.8. The summed E-state index contributed by atoms with van der Waals surface area (Å²) in [5, 5.41) is 2.98. The van der Waals surface area contributed by atoms with Gasteiger partial charge in [0.1, 0.15) is 5.82 Å². The Kier molecular flexibility index (Phi) is 5.34. The minimum Gasteiger partial charge on any atom is -0.376 e. The van der Waals surface area contributed by atoms with Gasteiger partial charge in [0.2, 0.25) is 0 Å². The lowest BCUT2D eigenvalue weighted by Crippen LogP contribution is -2.35. The van der Waals surface area contributed by atoms with E-state index < -0.39 is 0 Å². The number of anilines is 1. The molecular formula is C21H26N4O2. The maximum absolute atomic E-state index is 12.5. The third-order valence-corrected chi connectivity index (χ3v) is 5.34. The molecule has 0 aromatic carbocycles. The number of hydrogen-bond acceptors (Lipinski definition) is 5. The summed E-state index contributed by atoms with van der Waals surface area (Å²) in [6.07, 6.45) is 7.89. The van der Waals surface area contributed by atoms with Gasteiger partial charge in [-0.3, -0.25) is 9.78 Å². The highest BCUT2D eigenvalue weighted by Gasteiger charge is 2.21. The molecule has 1 saturated heterocycles. The topological polar surface area (TPSA) is 67.3 Å². The van der Waals surface area contributed by atoms with Crippen molar-refractivity contribution in [2.45, 2.75) is 45.3 Å². The molecule has 0 bridgehead atoms. The second-order valence-corrected chi connectivity index (χ2v) is 7.34. The average molecular weight is 366 g/mol. The minimum atomic E-state index is -0.0838. The van der Waals surface area contributed by atoms with E-state index in [4.69, 9.17) is 4.74 Å². The van der Waals surface area contributed by atoms with E-state index in [9.17, 15) is 4.79 Å². The van der Waals surface area contributed by atoms with Gasteiger partial charge in [-0.05, 0) is 49.4 Å². The smallest absolute Gasteiger partial charge is 0.252 e. The van der Waals surface area contributed by atoms with E-state index in [0.29, 0.717) is 12.1 Å². The van der Waals surface area contributed by atoms with Crippen LogP contribution in [0.25, 0.3) is 0 Å². The van der Waals surface area contributed by atoms with Gasteiger partial charge in [0, 0.05) is 50.7 Å². The summed E-state index contributed by atoms with van der Waals surface area (Å²) in [5.41, 5.74) is 4.04. The van der Waals surface area contributed by atoms with Gasteiger partial charge in [-0.2, -0.15) is 0 Å². The first-order valence-electron chi connectivity index (χ1n) is 9.75. The highest BCUT2D eigenvalue weighted by atomic mass is 16.5. The summed E-state index contributed by atoms with van der Waals surface area (Å²) in [6.45, 7) is 5.08. The summed E-state index contributed by atoms with van der Waals surface area (Å²) < 4.78 is 5.67. The SMILES string of the molecule is Cc1cc(C(=O)NCC2CCCCO2)cnc1N1CCc2ncccc2C1. The van der Waals surface area contributed by atoms with E-state index in [1.165, 1.54) is 17.7 Å². The van der Waals surface area contributed by atoms with Crippen molar-refractivity contribution in [2.75, 3.05) is 24.6 Å². The number of rotatable bonds is 4. The van der Waals surface area contributed by atoms with Crippen LogP contribution in [0.15, 0.2) is 30.6 Å². The van der Waals surface area contributed by atoms with E-state index in [2.05, 4.69) is 26.3 Å². The van der Waals surface area contributed by atoms with E-state index in [1.807, 2.05) is 25.3 Å². The largest absolute Gasteiger partial charge is 0.376 e. The molecule has 0 spiro atoms. The predicted molar refractivity (Wildman–Crippen MR) is 104 cm³/mol. The third kappa shape index (κ3) is 4.11. The summed E-state index contributed by atoms with van der Waals surface area (Å²) in [4.78, 5) is 23.8. The molecule has 1 atom stereocenters. The van der Waals surface area contributed by atoms with Crippen LogP contribution >= 0.6 is 0 Å². The first-order chi connectivity index (χ1) is 13.2. The van der Waals surface area contributed by atoms with Crippen molar-refractivity contribution in [2.24, 2.45) is 0 Å². The van der Waals surface area contributed by atoms with Crippen LogP contribution in [0, 0.1) is 6.92 Å². The number of nitrogens with zero attached hydrogens (tertiary/aromatic N) is 3. The molecule has 1 amide bonds. The number of ether oxygens (including phenoxy) is 1. The van der Waals surface area contributed by atoms with Crippen LogP contribution in [-0.2, 0) is 17.7 Å². The van der Waals surface area contributed by atoms with E-state index in [-0.39, 0.29) is 12.0 Å². The molecule has 4 heterocycles. The molecule has 142 valence electrons. The van der Waals surface area contributed by atoms with Crippen molar-refractivity contribution in [3.05, 3.63) is 53.0 Å². The standard InChI is InChI=1S/C21H26N4O2/c1-15-11-17(21(26)24-13-18-6-2-3-10-27-18)12-23-20(15)25-9-7-19-16(14-25)5-4-8-22-19/h4-5,8,11-12,18H,2-3,6-7,9-10,13-14H2,1H3,(H,24,26). The first kappa shape index (κ1) is 17.9. The van der Waals surface area contributed by atoms with E-state index in [1.54, 1.807) is 6.20 Å². The Balaban J connectivity index is 1.41. The summed E-state index contributed by atoms with van der Waals surface area (Å²) in [6, 6.07) is 6.03. The van der Waals surface area contributed by atoms with Gasteiger partial charge in [0.25, 0.3) is 5.91 Å². The summed E-state index contributed by atoms with van der Waals surface area (Å²) >= 11 is 0. The van der Waals surface area contributed by atoms with Gasteiger partial charge in [0.05, 0.1) is 11.7 Å². The number of hydrogen-bond donors (Lipinski definition) is 1. The van der Waals surface area contributed by atoms with Crippen molar-refractivity contribution in [1.29, 1.82) is 0 Å². The lowest BCUT2D eigenvalue weighted by atomic mass is 10.0. The van der Waals surface area contributed by atoms with Crippen molar-refractivity contribution < 1.29 is 9.53 Å². The van der Waals surface area contributed by atoms with Crippen molar-refractivity contribution in [3.63, 3.8) is 0 Å². The maximum Gasteiger partial charge on any atom is 0.252 e. The monoisotopic (exact) mass is 366 g/mol. The molecule has 2 aliphatic heterocycles. The van der Waals surface area contributed by atoms with Gasteiger partial charge in [-0.15, -0.1) is 0 Å². The predicted octanol–water partition coefficient (Wildman–Crippen LogP) is 2.65. The molecule has 6 heteroatoms. The fourth-order valence-corrected chi connectivity index (χ4v) is 3.85. The maximum atomic E-state index is 12.5. The summed E-state index contributed by atoms with van der Waals surface area (Å²) in [7, 11) is 0. The molecule has 0 radical (unpaired) electrons. The molecule has 27 heavy (non-hydrogen) atoms. The van der Waals surface area contributed by atoms with Gasteiger partial charge < -0.3 is 15.0 Å². The van der Waals surface area contributed by atoms with Crippen molar-refractivity contribution in [1.82, 2.24) is 15.3 Å². The lowest BCUT2D eigenvalue weighted by molar-refractivity contribution is 0.0169. The van der Waals surface area contributed by atoms with Crippen LogP contribution in [0.2, 0.25) is 0 Å². The highest BCUT2D eigenvalue weighted by molar-refractivity contribution is 5.94. The Bertz CT molecular complexity index is 818. The molecule has 4 rings (SSSR count). The number of aryl methyl sites for hydroxylation is 1. The van der Waals surface area contributed by atoms with Crippen LogP contribution in [-0.4, -0.2) is 41.7 Å². The van der Waals surface area contributed by atoms with Crippen molar-refractivity contribution >= 4 is 11.7 Å². The second-order valence-electron chi connectivity index (χ2n) is 7.34. The quantitative estimate of drug-likeness (QED) is 0.901. The Hall–Kier alpha value is -2.47. The molecular weight excluding hydrogens is 340 g/mol. The number of nitrogens with one attached hydrogen (secondary N) is 1. The number of aromatic nitrogens is 2. The third-order valence-electron chi connectivity index (χ3n) is 5.34. The number of carbonyl (C=O) groups is 1. The molecule has 2 aromatic heterocycles. The average Bonchev–Trinajstić information content (AvgIpc) is 2.72. The Morgan fingerprint density at radius 1 is 1.37 bits per heavy atom. The normalized spacial score (nSPS) is 19.4. The van der Waals surface area contributed by atoms with E-state index >= 15 is 0 Å². The Labute approximate surface area is 160 Å². The zero-order valence-electron chi connectivity index (χ0n) is 15.8. The molecule has 2 aliphatic rings. The van der Waals surface area contributed by atoms with Gasteiger partial charge >= 0.3 is 0 Å². The van der Waals surface area contributed by atoms with Gasteiger partial charge in [-0.25, -0.2) is 4.98 Å². The van der Waals surface area contributed by atoms with Crippen LogP contribution in [0.5, 0.6) is 0 Å². The zero-order chi connectivity index (χ0) is 18.6. The molecule has 1 N–H and O–H groups in total. The number of pyridine rings is 2. The lowest BCUT2D eigenvalue weighted by Gasteiger charge is -2.30. The second kappa shape index (κ2) is 8.05. The van der Waals surface area contributed by atoms with Gasteiger partial charge in [0.15, 0.2) is 0 Å². The fraction of sp³-hybridized carbons (Fsp3) is 0.476. The summed E-state index contributed by atoms with van der Waals surface area (Å²) in [5.74, 6) is 0.858. The number of amides is 1. The minimum absolute atomic E-state index is 0.0838. The first-order valence-corrected chi connectivity index (χ1v) is 9.75. The van der Waals surface area contributed by atoms with Crippen LogP contribution < -0.4 is 10.2 Å². The molecule has 6 nitrogen and oxygen atoms in total. The fourth-order valence-electron chi connectivity index (χ4n) is 3.85. The molecule has 1 unspecified atom stereocenters. The Morgan fingerprint density at radius 3 is 3.11 bits per heavy atom. The molecule has 0 saturated carbocycles. The van der Waals surface area contributed by atoms with Crippen molar-refractivity contribution in [3.8, 4) is 0 Å². The van der Waals surface area contributed by atoms with Gasteiger partial charge in [-0.1, -0.05) is 6.07 Å². The number of carbonyl (C=O) groups excluding carboxylic acids is 1. The van der Waals surface area contributed by atoms with Crippen LogP contribution in [0.4, 0.5) is 5.82 Å².